The molecule has 1 aromatic heterocycles. The minimum absolute atomic E-state index is 0. The molecule has 0 aliphatic rings. The van der Waals surface area contributed by atoms with Crippen LogP contribution in [0.4, 0.5) is 0 Å². The first-order chi connectivity index (χ1) is 14.9. The molecule has 32 heavy (non-hydrogen) atoms. The highest BCUT2D eigenvalue weighted by Crippen LogP contribution is 2.42. The van der Waals surface area contributed by atoms with E-state index < -0.39 is 5.97 Å². The van der Waals surface area contributed by atoms with Crippen molar-refractivity contribution in [2.75, 3.05) is 7.11 Å². The fourth-order valence-electron chi connectivity index (χ4n) is 3.80. The Bertz CT molecular complexity index is 1320. The third kappa shape index (κ3) is 4.53. The third-order valence-corrected chi connectivity index (χ3v) is 5.69. The summed E-state index contributed by atoms with van der Waals surface area (Å²) in [5.74, 6) is -0.354. The second kappa shape index (κ2) is 9.78. The van der Waals surface area contributed by atoms with Gasteiger partial charge in [0.1, 0.15) is 5.75 Å². The van der Waals surface area contributed by atoms with Crippen LogP contribution in [-0.4, -0.2) is 23.2 Å². The quantitative estimate of drug-likeness (QED) is 0.321. The van der Waals surface area contributed by atoms with Crippen LogP contribution in [0, 0.1) is 6.92 Å². The van der Waals surface area contributed by atoms with E-state index in [1.54, 1.807) is 25.3 Å². The van der Waals surface area contributed by atoms with Crippen molar-refractivity contribution in [1.29, 1.82) is 0 Å². The molecule has 164 valence electrons. The fraction of sp³-hybridized carbons (Fsp3) is 0.120. The number of ether oxygens (including phenoxy) is 1. The molecule has 3 aromatic carbocycles. The van der Waals surface area contributed by atoms with Gasteiger partial charge in [-0.3, -0.25) is 4.79 Å². The lowest BCUT2D eigenvalue weighted by Crippen LogP contribution is -2.07. The third-order valence-electron chi connectivity index (χ3n) is 5.13. The minimum atomic E-state index is -0.968. The number of rotatable bonds is 5. The van der Waals surface area contributed by atoms with Gasteiger partial charge in [-0.15, -0.1) is 12.4 Å². The van der Waals surface area contributed by atoms with E-state index in [9.17, 15) is 9.90 Å². The number of aryl methyl sites for hydroxylation is 1. The van der Waals surface area contributed by atoms with Crippen LogP contribution in [0.3, 0.4) is 0 Å². The lowest BCUT2D eigenvalue weighted by atomic mass is 9.89. The van der Waals surface area contributed by atoms with Crippen molar-refractivity contribution in [3.8, 4) is 28.1 Å². The molecule has 0 aliphatic heterocycles. The second-order valence-electron chi connectivity index (χ2n) is 7.23. The van der Waals surface area contributed by atoms with Crippen molar-refractivity contribution in [3.63, 3.8) is 0 Å². The monoisotopic (exact) mass is 487 g/mol. The van der Waals surface area contributed by atoms with Crippen molar-refractivity contribution in [2.24, 2.45) is 0 Å². The van der Waals surface area contributed by atoms with E-state index in [1.807, 2.05) is 49.4 Å². The summed E-state index contributed by atoms with van der Waals surface area (Å²) in [6.07, 6.45) is -0.234. The first-order valence-corrected chi connectivity index (χ1v) is 10.4. The lowest BCUT2D eigenvalue weighted by Gasteiger charge is -2.19. The van der Waals surface area contributed by atoms with Gasteiger partial charge in [0.15, 0.2) is 0 Å². The molecule has 7 heteroatoms. The molecule has 0 bridgehead atoms. The number of methoxy groups -OCH3 is 1. The van der Waals surface area contributed by atoms with Gasteiger partial charge in [0, 0.05) is 26.6 Å². The van der Waals surface area contributed by atoms with E-state index in [4.69, 9.17) is 32.9 Å². The number of halogens is 3. The summed E-state index contributed by atoms with van der Waals surface area (Å²) in [4.78, 5) is 16.8. The van der Waals surface area contributed by atoms with Crippen LogP contribution in [0.25, 0.3) is 33.3 Å². The molecule has 1 N–H and O–H groups in total. The summed E-state index contributed by atoms with van der Waals surface area (Å²) in [5, 5.41) is 11.6. The number of aromatic nitrogens is 1. The first kappa shape index (κ1) is 23.9. The largest absolute Gasteiger partial charge is 0.496 e. The molecule has 0 fully saturated rings. The topological polar surface area (TPSA) is 59.4 Å². The van der Waals surface area contributed by atoms with Gasteiger partial charge in [-0.2, -0.15) is 0 Å². The number of nitrogens with zero attached hydrogens (tertiary/aromatic N) is 1. The number of hydrogen-bond donors (Lipinski definition) is 1. The van der Waals surface area contributed by atoms with Crippen molar-refractivity contribution >= 4 is 52.5 Å². The molecule has 4 nitrogen and oxygen atoms in total. The number of hydrogen-bond acceptors (Lipinski definition) is 3. The number of aliphatic carboxylic acids is 1. The van der Waals surface area contributed by atoms with Gasteiger partial charge in [0.05, 0.1) is 24.7 Å². The Morgan fingerprint density at radius 2 is 1.78 bits per heavy atom. The Labute approximate surface area is 202 Å². The fourth-order valence-corrected chi connectivity index (χ4v) is 4.20. The van der Waals surface area contributed by atoms with E-state index in [1.165, 1.54) is 0 Å². The number of benzene rings is 3. The zero-order chi connectivity index (χ0) is 22.1. The number of carbonyl (C=O) groups is 1. The number of carboxylic acid groups (broad SMARTS) is 1. The maximum atomic E-state index is 11.9. The maximum Gasteiger partial charge on any atom is 0.307 e. The molecule has 0 atom stereocenters. The zero-order valence-electron chi connectivity index (χ0n) is 17.4. The highest BCUT2D eigenvalue weighted by Gasteiger charge is 2.23. The molecule has 0 saturated carbocycles. The predicted octanol–water partition coefficient (Wildman–Crippen LogP) is 7.24. The van der Waals surface area contributed by atoms with Crippen LogP contribution in [0.5, 0.6) is 5.75 Å². The molecule has 0 saturated heterocycles. The molecule has 0 radical (unpaired) electrons. The number of fused-ring (bicyclic) bond motifs is 1. The standard InChI is InChI=1S/C25H19Cl2NO3.ClH/c1-14-7-10-22(31-2)18(11-14)25-19(13-23(29)30)24(16-5-3-4-6-20(16)27)17-12-15(26)8-9-21(17)28-25;/h3-12H,13H2,1-2H3,(H,29,30);1H. The minimum Gasteiger partial charge on any atom is -0.496 e. The van der Waals surface area contributed by atoms with Gasteiger partial charge in [-0.25, -0.2) is 4.98 Å². The summed E-state index contributed by atoms with van der Waals surface area (Å²) in [6.45, 7) is 1.97. The smallest absolute Gasteiger partial charge is 0.307 e. The Morgan fingerprint density at radius 1 is 1.03 bits per heavy atom. The van der Waals surface area contributed by atoms with Crippen molar-refractivity contribution in [1.82, 2.24) is 4.98 Å². The average molecular weight is 489 g/mol. The Balaban J connectivity index is 0.00000289. The summed E-state index contributed by atoms with van der Waals surface area (Å²) in [7, 11) is 1.58. The van der Waals surface area contributed by atoms with Gasteiger partial charge < -0.3 is 9.84 Å². The molecule has 0 spiro atoms. The van der Waals surface area contributed by atoms with Crippen LogP contribution < -0.4 is 4.74 Å². The molecular formula is C25H20Cl3NO3. The zero-order valence-corrected chi connectivity index (χ0v) is 19.7. The van der Waals surface area contributed by atoms with Crippen LogP contribution in [0.15, 0.2) is 60.7 Å². The Kier molecular flexibility index (Phi) is 7.29. The SMILES string of the molecule is COc1ccc(C)cc1-c1nc2ccc(Cl)cc2c(-c2ccccc2Cl)c1CC(=O)O.Cl. The van der Waals surface area contributed by atoms with Crippen LogP contribution in [0.2, 0.25) is 10.0 Å². The van der Waals surface area contributed by atoms with Crippen LogP contribution in [-0.2, 0) is 11.2 Å². The molecule has 0 aliphatic carbocycles. The number of carboxylic acids is 1. The number of pyridine rings is 1. The molecule has 0 amide bonds. The lowest BCUT2D eigenvalue weighted by molar-refractivity contribution is -0.136. The average Bonchev–Trinajstić information content (AvgIpc) is 2.74. The van der Waals surface area contributed by atoms with E-state index in [0.29, 0.717) is 38.1 Å². The first-order valence-electron chi connectivity index (χ1n) is 9.63. The van der Waals surface area contributed by atoms with E-state index in [0.717, 1.165) is 22.1 Å². The molecular weight excluding hydrogens is 469 g/mol. The van der Waals surface area contributed by atoms with Gasteiger partial charge in [-0.1, -0.05) is 53.0 Å². The summed E-state index contributed by atoms with van der Waals surface area (Å²) >= 11 is 12.9. The Hall–Kier alpha value is -2.79. The Morgan fingerprint density at radius 3 is 2.47 bits per heavy atom. The summed E-state index contributed by atoms with van der Waals surface area (Å²) in [5.41, 5.74) is 4.96. The van der Waals surface area contributed by atoms with E-state index in [2.05, 4.69) is 0 Å². The summed E-state index contributed by atoms with van der Waals surface area (Å²) in [6, 6.07) is 18.5. The van der Waals surface area contributed by atoms with Crippen molar-refractivity contribution in [2.45, 2.75) is 13.3 Å². The van der Waals surface area contributed by atoms with Crippen molar-refractivity contribution in [3.05, 3.63) is 81.8 Å². The molecule has 4 rings (SSSR count). The predicted molar refractivity (Wildman–Crippen MR) is 133 cm³/mol. The van der Waals surface area contributed by atoms with Gasteiger partial charge in [0.2, 0.25) is 0 Å². The molecule has 4 aromatic rings. The van der Waals surface area contributed by atoms with E-state index >= 15 is 0 Å². The van der Waals surface area contributed by atoms with Gasteiger partial charge in [-0.05, 0) is 54.4 Å². The van der Waals surface area contributed by atoms with Gasteiger partial charge in [0.25, 0.3) is 0 Å². The highest BCUT2D eigenvalue weighted by atomic mass is 35.5. The van der Waals surface area contributed by atoms with E-state index in [-0.39, 0.29) is 18.8 Å². The maximum absolute atomic E-state index is 11.9. The van der Waals surface area contributed by atoms with Crippen LogP contribution >= 0.6 is 35.6 Å². The van der Waals surface area contributed by atoms with Crippen molar-refractivity contribution < 1.29 is 14.6 Å². The molecule has 0 unspecified atom stereocenters. The second-order valence-corrected chi connectivity index (χ2v) is 8.07. The van der Waals surface area contributed by atoms with Gasteiger partial charge >= 0.3 is 5.97 Å². The summed E-state index contributed by atoms with van der Waals surface area (Å²) < 4.78 is 5.58. The van der Waals surface area contributed by atoms with Crippen LogP contribution in [0.1, 0.15) is 11.1 Å². The highest BCUT2D eigenvalue weighted by molar-refractivity contribution is 6.34. The normalized spacial score (nSPS) is 10.6. The molecule has 1 heterocycles.